The van der Waals surface area contributed by atoms with Gasteiger partial charge in [-0.15, -0.1) is 0 Å². The number of nitrogens with zero attached hydrogens (tertiary/aromatic N) is 2. The van der Waals surface area contributed by atoms with Crippen molar-refractivity contribution in [1.82, 2.24) is 15.2 Å². The van der Waals surface area contributed by atoms with E-state index in [2.05, 4.69) is 31.1 Å². The van der Waals surface area contributed by atoms with Crippen LogP contribution in [0.5, 0.6) is 0 Å². The van der Waals surface area contributed by atoms with Crippen LogP contribution in [-0.2, 0) is 0 Å². The fourth-order valence-corrected chi connectivity index (χ4v) is 3.04. The number of nitrogens with one attached hydrogen (secondary N) is 1. The largest absolute Gasteiger partial charge is 0.478 e. The van der Waals surface area contributed by atoms with Crippen LogP contribution in [0, 0.1) is 0 Å². The molecule has 0 amide bonds. The molecule has 0 atom stereocenters. The molecule has 0 unspecified atom stereocenters. The third-order valence-corrected chi connectivity index (χ3v) is 4.49. The van der Waals surface area contributed by atoms with Crippen LogP contribution in [0.25, 0.3) is 33.5 Å². The Morgan fingerprint density at radius 2 is 1.72 bits per heavy atom. The molecule has 2 N–H and O–H groups in total. The van der Waals surface area contributed by atoms with Crippen molar-refractivity contribution in [1.29, 1.82) is 0 Å². The lowest BCUT2D eigenvalue weighted by molar-refractivity contribution is 0.0699. The highest BCUT2D eigenvalue weighted by molar-refractivity contribution is 9.10. The Hall–Kier alpha value is -2.99. The van der Waals surface area contributed by atoms with Gasteiger partial charge in [-0.25, -0.2) is 9.78 Å². The number of halogens is 1. The van der Waals surface area contributed by atoms with E-state index in [1.54, 1.807) is 6.07 Å². The maximum Gasteiger partial charge on any atom is 0.336 e. The predicted molar refractivity (Wildman–Crippen MR) is 99.4 cm³/mol. The number of hydrogen-bond donors (Lipinski definition) is 2. The molecule has 0 spiro atoms. The van der Waals surface area contributed by atoms with E-state index in [1.807, 2.05) is 54.6 Å². The van der Waals surface area contributed by atoms with Crippen LogP contribution in [0.4, 0.5) is 0 Å². The Balaban J connectivity index is 1.97. The molecule has 0 bridgehead atoms. The lowest BCUT2D eigenvalue weighted by Crippen LogP contribution is -2.00. The van der Waals surface area contributed by atoms with E-state index in [9.17, 15) is 9.90 Å². The molecule has 2 aromatic heterocycles. The maximum atomic E-state index is 11.9. The highest BCUT2D eigenvalue weighted by atomic mass is 79.9. The molecule has 0 aliphatic rings. The number of pyridine rings is 1. The zero-order valence-corrected chi connectivity index (χ0v) is 14.5. The summed E-state index contributed by atoms with van der Waals surface area (Å²) in [6.45, 7) is 0. The van der Waals surface area contributed by atoms with Crippen LogP contribution in [0.15, 0.2) is 65.1 Å². The van der Waals surface area contributed by atoms with Crippen LogP contribution < -0.4 is 0 Å². The highest BCUT2D eigenvalue weighted by Crippen LogP contribution is 2.31. The maximum absolute atomic E-state index is 11.9. The summed E-state index contributed by atoms with van der Waals surface area (Å²) in [6, 6.07) is 18.6. The summed E-state index contributed by atoms with van der Waals surface area (Å²) >= 11 is 3.40. The van der Waals surface area contributed by atoms with E-state index in [4.69, 9.17) is 0 Å². The van der Waals surface area contributed by atoms with Gasteiger partial charge in [0.15, 0.2) is 5.65 Å². The molecule has 5 nitrogen and oxygen atoms in total. The van der Waals surface area contributed by atoms with Crippen LogP contribution >= 0.6 is 15.9 Å². The first-order valence-corrected chi connectivity index (χ1v) is 8.36. The van der Waals surface area contributed by atoms with Crippen molar-refractivity contribution in [2.45, 2.75) is 0 Å². The minimum absolute atomic E-state index is 0.176. The number of carbonyl (C=O) groups is 1. The molecule has 6 heteroatoms. The lowest BCUT2D eigenvalue weighted by Gasteiger charge is -2.05. The summed E-state index contributed by atoms with van der Waals surface area (Å²) in [6.07, 6.45) is 0. The van der Waals surface area contributed by atoms with Crippen LogP contribution in [0.2, 0.25) is 0 Å². The molecule has 0 saturated heterocycles. The zero-order valence-electron chi connectivity index (χ0n) is 12.9. The number of aromatic amines is 1. The predicted octanol–water partition coefficient (Wildman–Crippen LogP) is 4.75. The fourth-order valence-electron chi connectivity index (χ4n) is 2.77. The first kappa shape index (κ1) is 15.5. The Kier molecular flexibility index (Phi) is 3.82. The van der Waals surface area contributed by atoms with E-state index in [1.165, 1.54) is 0 Å². The van der Waals surface area contributed by atoms with Gasteiger partial charge in [-0.3, -0.25) is 5.10 Å². The van der Waals surface area contributed by atoms with Gasteiger partial charge in [0.1, 0.15) is 0 Å². The molecule has 0 fully saturated rings. The SMILES string of the molecule is O=C(O)c1cc(-c2ccccc2)nc2n[nH]c(-c3ccc(Br)cc3)c12. The number of carboxylic acids is 1. The molecule has 122 valence electrons. The summed E-state index contributed by atoms with van der Waals surface area (Å²) in [4.78, 5) is 16.4. The second kappa shape index (κ2) is 6.14. The van der Waals surface area contributed by atoms with E-state index >= 15 is 0 Å². The van der Waals surface area contributed by atoms with Crippen LogP contribution in [0.1, 0.15) is 10.4 Å². The van der Waals surface area contributed by atoms with Crippen molar-refractivity contribution < 1.29 is 9.90 Å². The van der Waals surface area contributed by atoms with Gasteiger partial charge in [0.2, 0.25) is 0 Å². The van der Waals surface area contributed by atoms with Gasteiger partial charge in [-0.2, -0.15) is 5.10 Å². The van der Waals surface area contributed by atoms with Crippen molar-refractivity contribution in [2.24, 2.45) is 0 Å². The number of aromatic nitrogens is 3. The summed E-state index contributed by atoms with van der Waals surface area (Å²) in [5, 5.41) is 17.4. The quantitative estimate of drug-likeness (QED) is 0.526. The summed E-state index contributed by atoms with van der Waals surface area (Å²) in [5.74, 6) is -1.01. The third kappa shape index (κ3) is 2.81. The molecule has 0 aliphatic heterocycles. The molecule has 0 saturated carbocycles. The fraction of sp³-hybridized carbons (Fsp3) is 0. The summed E-state index contributed by atoms with van der Waals surface area (Å²) in [5.41, 5.74) is 3.49. The van der Waals surface area contributed by atoms with E-state index in [0.29, 0.717) is 22.4 Å². The van der Waals surface area contributed by atoms with Gasteiger partial charge >= 0.3 is 5.97 Å². The number of rotatable bonds is 3. The lowest BCUT2D eigenvalue weighted by atomic mass is 10.0. The van der Waals surface area contributed by atoms with Crippen LogP contribution in [0.3, 0.4) is 0 Å². The number of benzene rings is 2. The Morgan fingerprint density at radius 1 is 1.00 bits per heavy atom. The van der Waals surface area contributed by atoms with E-state index in [-0.39, 0.29) is 5.56 Å². The van der Waals surface area contributed by atoms with Gasteiger partial charge in [0.25, 0.3) is 0 Å². The minimum atomic E-state index is -1.01. The first-order valence-electron chi connectivity index (χ1n) is 7.57. The van der Waals surface area contributed by atoms with Crippen molar-refractivity contribution in [3.8, 4) is 22.5 Å². The molecule has 2 aromatic carbocycles. The Labute approximate surface area is 151 Å². The average Bonchev–Trinajstić information content (AvgIpc) is 3.06. The van der Waals surface area contributed by atoms with Crippen LogP contribution in [-0.4, -0.2) is 26.3 Å². The zero-order chi connectivity index (χ0) is 17.4. The van der Waals surface area contributed by atoms with Gasteiger partial charge in [0, 0.05) is 15.6 Å². The number of aromatic carboxylic acids is 1. The number of fused-ring (bicyclic) bond motifs is 1. The second-order valence-electron chi connectivity index (χ2n) is 5.53. The molecule has 0 aliphatic carbocycles. The summed E-state index contributed by atoms with van der Waals surface area (Å²) in [7, 11) is 0. The molecule has 0 radical (unpaired) electrons. The van der Waals surface area contributed by atoms with E-state index in [0.717, 1.165) is 15.6 Å². The molecular formula is C19H12BrN3O2. The average molecular weight is 394 g/mol. The van der Waals surface area contributed by atoms with Crippen molar-refractivity contribution >= 4 is 32.9 Å². The van der Waals surface area contributed by atoms with Gasteiger partial charge in [-0.1, -0.05) is 58.4 Å². The molecular weight excluding hydrogens is 382 g/mol. The van der Waals surface area contributed by atoms with Crippen molar-refractivity contribution in [3.05, 3.63) is 70.7 Å². The Morgan fingerprint density at radius 3 is 2.40 bits per heavy atom. The minimum Gasteiger partial charge on any atom is -0.478 e. The standard InChI is InChI=1S/C19H12BrN3O2/c20-13-8-6-12(7-9-13)17-16-14(19(24)25)10-15(21-18(16)23-22-17)11-4-2-1-3-5-11/h1-10H,(H,24,25)(H,21,22,23). The molecule has 25 heavy (non-hydrogen) atoms. The first-order chi connectivity index (χ1) is 12.1. The molecule has 4 aromatic rings. The van der Waals surface area contributed by atoms with E-state index < -0.39 is 5.97 Å². The second-order valence-corrected chi connectivity index (χ2v) is 6.45. The van der Waals surface area contributed by atoms with Crippen molar-refractivity contribution in [3.63, 3.8) is 0 Å². The topological polar surface area (TPSA) is 78.9 Å². The molecule has 4 rings (SSSR count). The van der Waals surface area contributed by atoms with Gasteiger partial charge < -0.3 is 5.11 Å². The number of hydrogen-bond acceptors (Lipinski definition) is 3. The smallest absolute Gasteiger partial charge is 0.336 e. The monoisotopic (exact) mass is 393 g/mol. The third-order valence-electron chi connectivity index (χ3n) is 3.96. The van der Waals surface area contributed by atoms with Gasteiger partial charge in [0.05, 0.1) is 22.3 Å². The molecule has 2 heterocycles. The summed E-state index contributed by atoms with van der Waals surface area (Å²) < 4.78 is 0.947. The number of H-pyrrole nitrogens is 1. The Bertz CT molecular complexity index is 1070. The number of carboxylic acid groups (broad SMARTS) is 1. The van der Waals surface area contributed by atoms with Gasteiger partial charge in [-0.05, 0) is 18.2 Å². The highest BCUT2D eigenvalue weighted by Gasteiger charge is 2.19. The normalized spacial score (nSPS) is 10.9. The van der Waals surface area contributed by atoms with Crippen molar-refractivity contribution in [2.75, 3.05) is 0 Å².